The van der Waals surface area contributed by atoms with E-state index in [4.69, 9.17) is 9.47 Å². The summed E-state index contributed by atoms with van der Waals surface area (Å²) >= 11 is 0. The summed E-state index contributed by atoms with van der Waals surface area (Å²) in [7, 11) is 2.06. The Morgan fingerprint density at radius 3 is 2.85 bits per heavy atom. The lowest BCUT2D eigenvalue weighted by Gasteiger charge is -2.37. The number of benzene rings is 1. The molecule has 1 aromatic carbocycles. The molecule has 0 radical (unpaired) electrons. The molecule has 1 saturated heterocycles. The monoisotopic (exact) mass is 276 g/mol. The predicted octanol–water partition coefficient (Wildman–Crippen LogP) is 2.20. The first kappa shape index (κ1) is 13.7. The summed E-state index contributed by atoms with van der Waals surface area (Å²) < 4.78 is 11.3. The zero-order valence-electron chi connectivity index (χ0n) is 12.4. The first-order valence-corrected chi connectivity index (χ1v) is 7.59. The van der Waals surface area contributed by atoms with Crippen molar-refractivity contribution in [3.05, 3.63) is 23.8 Å². The number of nitrogens with zero attached hydrogens (tertiary/aromatic N) is 1. The quantitative estimate of drug-likeness (QED) is 0.917. The number of fused-ring (bicyclic) bond motifs is 1. The molecule has 110 valence electrons. The van der Waals surface area contributed by atoms with E-state index >= 15 is 0 Å². The van der Waals surface area contributed by atoms with Gasteiger partial charge >= 0.3 is 0 Å². The second kappa shape index (κ2) is 6.02. The molecule has 1 N–H and O–H groups in total. The summed E-state index contributed by atoms with van der Waals surface area (Å²) in [6, 6.07) is 7.38. The second-order valence-electron chi connectivity index (χ2n) is 5.70. The van der Waals surface area contributed by atoms with Crippen molar-refractivity contribution in [2.75, 3.05) is 33.4 Å². The van der Waals surface area contributed by atoms with Crippen LogP contribution in [0.15, 0.2) is 18.2 Å². The lowest BCUT2D eigenvalue weighted by molar-refractivity contribution is 0.147. The van der Waals surface area contributed by atoms with Crippen LogP contribution in [0.1, 0.15) is 31.4 Å². The van der Waals surface area contributed by atoms with Crippen LogP contribution < -0.4 is 14.8 Å². The van der Waals surface area contributed by atoms with Crippen LogP contribution in [0, 0.1) is 0 Å². The minimum absolute atomic E-state index is 0.418. The number of piperidine rings is 1. The highest BCUT2D eigenvalue weighted by Gasteiger charge is 2.24. The van der Waals surface area contributed by atoms with Crippen LogP contribution in [0.2, 0.25) is 0 Å². The lowest BCUT2D eigenvalue weighted by atomic mass is 10.00. The molecule has 0 aliphatic carbocycles. The van der Waals surface area contributed by atoms with Gasteiger partial charge in [-0.1, -0.05) is 6.07 Å². The molecule has 0 bridgehead atoms. The van der Waals surface area contributed by atoms with Crippen molar-refractivity contribution < 1.29 is 9.47 Å². The molecule has 3 rings (SSSR count). The van der Waals surface area contributed by atoms with Crippen LogP contribution in [0.4, 0.5) is 0 Å². The molecule has 0 amide bonds. The topological polar surface area (TPSA) is 33.7 Å². The minimum atomic E-state index is 0.418. The van der Waals surface area contributed by atoms with Gasteiger partial charge in [0, 0.05) is 18.6 Å². The third-order valence-electron chi connectivity index (χ3n) is 4.46. The smallest absolute Gasteiger partial charge is 0.161 e. The van der Waals surface area contributed by atoms with Crippen molar-refractivity contribution in [2.45, 2.75) is 31.8 Å². The van der Waals surface area contributed by atoms with Gasteiger partial charge in [-0.3, -0.25) is 4.90 Å². The van der Waals surface area contributed by atoms with Crippen molar-refractivity contribution in [2.24, 2.45) is 0 Å². The van der Waals surface area contributed by atoms with E-state index in [-0.39, 0.29) is 0 Å². The van der Waals surface area contributed by atoms with Crippen molar-refractivity contribution in [3.8, 4) is 11.5 Å². The Balaban J connectivity index is 1.74. The molecule has 1 fully saturated rings. The molecular weight excluding hydrogens is 252 g/mol. The van der Waals surface area contributed by atoms with Gasteiger partial charge in [0.2, 0.25) is 0 Å². The number of likely N-dealkylation sites (tertiary alicyclic amines) is 1. The molecule has 0 saturated carbocycles. The highest BCUT2D eigenvalue weighted by atomic mass is 16.6. The fraction of sp³-hybridized carbons (Fsp3) is 0.625. The van der Waals surface area contributed by atoms with Crippen LogP contribution in [0.5, 0.6) is 11.5 Å². The fourth-order valence-corrected chi connectivity index (χ4v) is 3.12. The fourth-order valence-electron chi connectivity index (χ4n) is 3.12. The van der Waals surface area contributed by atoms with Crippen LogP contribution >= 0.6 is 0 Å². The van der Waals surface area contributed by atoms with Gasteiger partial charge < -0.3 is 14.8 Å². The number of rotatable bonds is 3. The van der Waals surface area contributed by atoms with Crippen molar-refractivity contribution in [3.63, 3.8) is 0 Å². The van der Waals surface area contributed by atoms with Gasteiger partial charge in [0.25, 0.3) is 0 Å². The van der Waals surface area contributed by atoms with Gasteiger partial charge in [-0.05, 0) is 51.1 Å². The Hall–Kier alpha value is -1.26. The van der Waals surface area contributed by atoms with E-state index in [2.05, 4.69) is 36.3 Å². The minimum Gasteiger partial charge on any atom is -0.486 e. The highest BCUT2D eigenvalue weighted by molar-refractivity contribution is 5.44. The molecule has 0 spiro atoms. The summed E-state index contributed by atoms with van der Waals surface area (Å²) in [4.78, 5) is 2.55. The summed E-state index contributed by atoms with van der Waals surface area (Å²) in [5.41, 5.74) is 1.31. The maximum atomic E-state index is 5.69. The molecule has 2 aliphatic heterocycles. The molecule has 4 heteroatoms. The van der Waals surface area contributed by atoms with E-state index < -0.39 is 0 Å². The van der Waals surface area contributed by atoms with Gasteiger partial charge in [0.1, 0.15) is 13.2 Å². The predicted molar refractivity (Wildman–Crippen MR) is 79.5 cm³/mol. The van der Waals surface area contributed by atoms with Crippen molar-refractivity contribution >= 4 is 0 Å². The van der Waals surface area contributed by atoms with Crippen LogP contribution in [0.3, 0.4) is 0 Å². The summed E-state index contributed by atoms with van der Waals surface area (Å²) in [6.45, 7) is 5.87. The SMILES string of the molecule is CNC1CCCN(C(C)c2ccc3c(c2)OCCO3)C1. The number of hydrogen-bond donors (Lipinski definition) is 1. The molecule has 2 unspecified atom stereocenters. The maximum Gasteiger partial charge on any atom is 0.161 e. The first-order chi connectivity index (χ1) is 9.78. The number of likely N-dealkylation sites (N-methyl/N-ethyl adjacent to an activating group) is 1. The summed E-state index contributed by atoms with van der Waals surface area (Å²) in [6.07, 6.45) is 2.54. The Bertz CT molecular complexity index is 464. The second-order valence-corrected chi connectivity index (χ2v) is 5.70. The van der Waals surface area contributed by atoms with Crippen molar-refractivity contribution in [1.82, 2.24) is 10.2 Å². The maximum absolute atomic E-state index is 5.69. The largest absolute Gasteiger partial charge is 0.486 e. The molecule has 20 heavy (non-hydrogen) atoms. The molecule has 1 aromatic rings. The van der Waals surface area contributed by atoms with E-state index in [1.807, 2.05) is 6.07 Å². The van der Waals surface area contributed by atoms with Gasteiger partial charge in [-0.25, -0.2) is 0 Å². The third kappa shape index (κ3) is 2.76. The van der Waals surface area contributed by atoms with Gasteiger partial charge in [0.05, 0.1) is 0 Å². The molecule has 2 atom stereocenters. The summed E-state index contributed by atoms with van der Waals surface area (Å²) in [5.74, 6) is 1.77. The van der Waals surface area contributed by atoms with Gasteiger partial charge in [-0.2, -0.15) is 0 Å². The molecular formula is C16H24N2O2. The average Bonchev–Trinajstić information content (AvgIpc) is 2.53. The molecule has 0 aromatic heterocycles. The Labute approximate surface area is 121 Å². The van der Waals surface area contributed by atoms with E-state index in [9.17, 15) is 0 Å². The molecule has 2 heterocycles. The van der Waals surface area contributed by atoms with Gasteiger partial charge in [-0.15, -0.1) is 0 Å². The lowest BCUT2D eigenvalue weighted by Crippen LogP contribution is -2.45. The Morgan fingerprint density at radius 2 is 2.05 bits per heavy atom. The van der Waals surface area contributed by atoms with Crippen LogP contribution in [-0.2, 0) is 0 Å². The molecule has 4 nitrogen and oxygen atoms in total. The summed E-state index contributed by atoms with van der Waals surface area (Å²) in [5, 5.41) is 3.40. The molecule has 2 aliphatic rings. The first-order valence-electron chi connectivity index (χ1n) is 7.59. The van der Waals surface area contributed by atoms with Crippen LogP contribution in [-0.4, -0.2) is 44.3 Å². The van der Waals surface area contributed by atoms with Gasteiger partial charge in [0.15, 0.2) is 11.5 Å². The Kier molecular flexibility index (Phi) is 4.13. The highest BCUT2D eigenvalue weighted by Crippen LogP contribution is 2.34. The zero-order chi connectivity index (χ0) is 13.9. The number of hydrogen-bond acceptors (Lipinski definition) is 4. The van der Waals surface area contributed by atoms with E-state index in [1.165, 1.54) is 24.9 Å². The number of nitrogens with one attached hydrogen (secondary N) is 1. The zero-order valence-corrected chi connectivity index (χ0v) is 12.4. The Morgan fingerprint density at radius 1 is 1.25 bits per heavy atom. The average molecular weight is 276 g/mol. The normalized spacial score (nSPS) is 24.4. The van der Waals surface area contributed by atoms with E-state index in [0.717, 1.165) is 18.0 Å². The number of ether oxygens (including phenoxy) is 2. The van der Waals surface area contributed by atoms with Crippen molar-refractivity contribution in [1.29, 1.82) is 0 Å². The third-order valence-corrected chi connectivity index (χ3v) is 4.46. The van der Waals surface area contributed by atoms with Crippen LogP contribution in [0.25, 0.3) is 0 Å². The standard InChI is InChI=1S/C16H24N2O2/c1-12(18-7-3-4-14(11-18)17-2)13-5-6-15-16(10-13)20-9-8-19-15/h5-6,10,12,14,17H,3-4,7-9,11H2,1-2H3. The van der Waals surface area contributed by atoms with E-state index in [1.54, 1.807) is 0 Å². The van der Waals surface area contributed by atoms with E-state index in [0.29, 0.717) is 25.3 Å².